The third-order valence-corrected chi connectivity index (χ3v) is 4.36. The van der Waals surface area contributed by atoms with Crippen molar-refractivity contribution in [3.8, 4) is 5.75 Å². The molecule has 1 rings (SSSR count). The summed E-state index contributed by atoms with van der Waals surface area (Å²) in [5.74, 6) is 0.788. The van der Waals surface area contributed by atoms with Gasteiger partial charge in [-0.05, 0) is 66.2 Å². The summed E-state index contributed by atoms with van der Waals surface area (Å²) in [5.41, 5.74) is 0.776. The molecule has 0 aliphatic heterocycles. The molecule has 3 N–H and O–H groups in total. The van der Waals surface area contributed by atoms with E-state index in [0.717, 1.165) is 10.2 Å². The normalized spacial score (nSPS) is 11.6. The van der Waals surface area contributed by atoms with Gasteiger partial charge in [0.1, 0.15) is 11.4 Å². The molecule has 0 saturated carbocycles. The number of hydrogen-bond acceptors (Lipinski definition) is 4. The minimum atomic E-state index is -0.541. The van der Waals surface area contributed by atoms with E-state index in [1.54, 1.807) is 20.8 Å². The Balaban J connectivity index is 2.16. The van der Waals surface area contributed by atoms with Gasteiger partial charge in [0.05, 0.1) is 11.1 Å². The van der Waals surface area contributed by atoms with Crippen LogP contribution in [0.2, 0.25) is 0 Å². The number of carbonyl (C=O) groups excluding carboxylic acids is 2. The molecule has 0 atom stereocenters. The van der Waals surface area contributed by atoms with Crippen LogP contribution in [0.5, 0.6) is 5.75 Å². The van der Waals surface area contributed by atoms with Gasteiger partial charge in [-0.15, -0.1) is 0 Å². The fourth-order valence-corrected chi connectivity index (χ4v) is 2.75. The second-order valence-corrected chi connectivity index (χ2v) is 9.56. The maximum Gasteiger partial charge on any atom is 0.407 e. The van der Waals surface area contributed by atoms with Gasteiger partial charge in [-0.2, -0.15) is 0 Å². The summed E-state index contributed by atoms with van der Waals surface area (Å²) in [6, 6.07) is 5.82. The van der Waals surface area contributed by atoms with Crippen molar-refractivity contribution < 1.29 is 19.1 Å². The lowest BCUT2D eigenvalue weighted by molar-refractivity contribution is 0.0528. The predicted molar refractivity (Wildman–Crippen MR) is 119 cm³/mol. The molecule has 0 aliphatic rings. The first kappa shape index (κ1) is 25.1. The average Bonchev–Trinajstić information content (AvgIpc) is 2.57. The van der Waals surface area contributed by atoms with E-state index in [0.29, 0.717) is 32.7 Å². The van der Waals surface area contributed by atoms with Crippen molar-refractivity contribution in [3.05, 3.63) is 28.2 Å². The van der Waals surface area contributed by atoms with Crippen LogP contribution in [0.4, 0.5) is 9.59 Å². The van der Waals surface area contributed by atoms with E-state index in [-0.39, 0.29) is 11.4 Å². The van der Waals surface area contributed by atoms with Crippen LogP contribution in [0.3, 0.4) is 0 Å². The lowest BCUT2D eigenvalue weighted by Crippen LogP contribution is -2.41. The summed E-state index contributed by atoms with van der Waals surface area (Å²) >= 11 is 3.55. The predicted octanol–water partition coefficient (Wildman–Crippen LogP) is 4.34. The number of hydrogen-bond donors (Lipinski definition) is 3. The largest absolute Gasteiger partial charge is 0.492 e. The van der Waals surface area contributed by atoms with E-state index in [1.165, 1.54) is 5.56 Å². The second-order valence-electron chi connectivity index (χ2n) is 8.71. The Morgan fingerprint density at radius 2 is 1.59 bits per heavy atom. The summed E-state index contributed by atoms with van der Waals surface area (Å²) in [6.07, 6.45) is 0.176. The van der Waals surface area contributed by atoms with Crippen LogP contribution < -0.4 is 20.7 Å². The molecule has 1 aromatic carbocycles. The summed E-state index contributed by atoms with van der Waals surface area (Å²) in [7, 11) is 0. The zero-order valence-electron chi connectivity index (χ0n) is 18.3. The average molecular weight is 472 g/mol. The number of amides is 3. The topological polar surface area (TPSA) is 88.7 Å². The zero-order chi connectivity index (χ0) is 22.1. The molecule has 164 valence electrons. The highest BCUT2D eigenvalue weighted by Gasteiger charge is 2.16. The second kappa shape index (κ2) is 11.3. The van der Waals surface area contributed by atoms with E-state index in [4.69, 9.17) is 9.47 Å². The Morgan fingerprint density at radius 3 is 2.17 bits per heavy atom. The molecule has 29 heavy (non-hydrogen) atoms. The third-order valence-electron chi connectivity index (χ3n) is 3.74. The quantitative estimate of drug-likeness (QED) is 0.491. The molecule has 8 heteroatoms. The molecule has 0 fully saturated rings. The fraction of sp³-hybridized carbons (Fsp3) is 0.619. The van der Waals surface area contributed by atoms with Crippen LogP contribution in [0.1, 0.15) is 53.5 Å². The van der Waals surface area contributed by atoms with Crippen LogP contribution in [-0.2, 0) is 10.2 Å². The highest BCUT2D eigenvalue weighted by atomic mass is 79.9. The zero-order valence-corrected chi connectivity index (χ0v) is 19.9. The van der Waals surface area contributed by atoms with Gasteiger partial charge in [0, 0.05) is 19.6 Å². The molecule has 0 saturated heterocycles. The van der Waals surface area contributed by atoms with Crippen molar-refractivity contribution in [1.29, 1.82) is 0 Å². The number of urea groups is 1. The van der Waals surface area contributed by atoms with Gasteiger partial charge in [0.2, 0.25) is 0 Å². The lowest BCUT2D eigenvalue weighted by Gasteiger charge is -2.20. The molecule has 0 bridgehead atoms. The smallest absolute Gasteiger partial charge is 0.407 e. The van der Waals surface area contributed by atoms with Crippen LogP contribution in [0.15, 0.2) is 22.7 Å². The number of carbonyl (C=O) groups is 2. The molecule has 0 aromatic heterocycles. The van der Waals surface area contributed by atoms with Gasteiger partial charge >= 0.3 is 12.1 Å². The van der Waals surface area contributed by atoms with E-state index < -0.39 is 11.7 Å². The molecule has 0 unspecified atom stereocenters. The SMILES string of the molecule is CC(C)(C)OC(=O)NCCNC(=O)NCCCOc1ccc(C(C)(C)C)cc1Br. The van der Waals surface area contributed by atoms with Gasteiger partial charge < -0.3 is 25.4 Å². The number of alkyl carbamates (subject to hydrolysis) is 1. The fourth-order valence-electron chi connectivity index (χ4n) is 2.26. The van der Waals surface area contributed by atoms with Gasteiger partial charge in [0.15, 0.2) is 0 Å². The standard InChI is InChI=1S/C21H34BrN3O4/c1-20(2,3)15-8-9-17(16(22)14-15)28-13-7-10-23-18(26)24-11-12-25-19(27)29-21(4,5)6/h8-9,14H,7,10-13H2,1-6H3,(H,25,27)(H2,23,24,26). The molecule has 0 aliphatic carbocycles. The lowest BCUT2D eigenvalue weighted by atomic mass is 9.87. The van der Waals surface area contributed by atoms with E-state index in [1.807, 2.05) is 6.07 Å². The van der Waals surface area contributed by atoms with Crippen molar-refractivity contribution in [2.75, 3.05) is 26.2 Å². The van der Waals surface area contributed by atoms with E-state index >= 15 is 0 Å². The minimum Gasteiger partial charge on any atom is -0.492 e. The maximum atomic E-state index is 11.7. The molecule has 0 radical (unpaired) electrons. The molecule has 3 amide bonds. The van der Waals surface area contributed by atoms with Crippen molar-refractivity contribution >= 4 is 28.1 Å². The molecule has 1 aromatic rings. The highest BCUT2D eigenvalue weighted by Crippen LogP contribution is 2.31. The third kappa shape index (κ3) is 11.0. The first-order valence-electron chi connectivity index (χ1n) is 9.80. The molecule has 0 spiro atoms. The number of nitrogens with one attached hydrogen (secondary N) is 3. The Bertz CT molecular complexity index is 681. The number of halogens is 1. The Labute approximate surface area is 182 Å². The van der Waals surface area contributed by atoms with Crippen molar-refractivity contribution in [1.82, 2.24) is 16.0 Å². The van der Waals surface area contributed by atoms with Crippen molar-refractivity contribution in [2.45, 2.75) is 59.0 Å². The van der Waals surface area contributed by atoms with Gasteiger partial charge in [-0.1, -0.05) is 26.8 Å². The van der Waals surface area contributed by atoms with Crippen LogP contribution >= 0.6 is 15.9 Å². The maximum absolute atomic E-state index is 11.7. The Morgan fingerprint density at radius 1 is 0.966 bits per heavy atom. The van der Waals surface area contributed by atoms with Crippen molar-refractivity contribution in [3.63, 3.8) is 0 Å². The Kier molecular flexibility index (Phi) is 9.76. The Hall–Kier alpha value is -1.96. The molecule has 0 heterocycles. The summed E-state index contributed by atoms with van der Waals surface area (Å²) in [5, 5.41) is 8.00. The van der Waals surface area contributed by atoms with E-state index in [2.05, 4.69) is 64.8 Å². The first-order chi connectivity index (χ1) is 13.4. The number of benzene rings is 1. The number of rotatable bonds is 8. The first-order valence-corrected chi connectivity index (χ1v) is 10.6. The monoisotopic (exact) mass is 471 g/mol. The van der Waals surface area contributed by atoms with Gasteiger partial charge in [-0.3, -0.25) is 0 Å². The summed E-state index contributed by atoms with van der Waals surface area (Å²) < 4.78 is 11.8. The van der Waals surface area contributed by atoms with Crippen LogP contribution in [-0.4, -0.2) is 44.0 Å². The van der Waals surface area contributed by atoms with Gasteiger partial charge in [-0.25, -0.2) is 9.59 Å². The highest BCUT2D eigenvalue weighted by molar-refractivity contribution is 9.10. The molecular weight excluding hydrogens is 438 g/mol. The number of ether oxygens (including phenoxy) is 2. The van der Waals surface area contributed by atoms with Gasteiger partial charge in [0.25, 0.3) is 0 Å². The summed E-state index contributed by atoms with van der Waals surface area (Å²) in [6.45, 7) is 13.5. The van der Waals surface area contributed by atoms with E-state index in [9.17, 15) is 9.59 Å². The minimum absolute atomic E-state index is 0.0841. The molecular formula is C21H34BrN3O4. The summed E-state index contributed by atoms with van der Waals surface area (Å²) in [4.78, 5) is 23.2. The molecule has 7 nitrogen and oxygen atoms in total. The van der Waals surface area contributed by atoms with Crippen LogP contribution in [0, 0.1) is 0 Å². The van der Waals surface area contributed by atoms with Crippen LogP contribution in [0.25, 0.3) is 0 Å². The van der Waals surface area contributed by atoms with Crippen molar-refractivity contribution in [2.24, 2.45) is 0 Å².